The predicted molar refractivity (Wildman–Crippen MR) is 140 cm³/mol. The van der Waals surface area contributed by atoms with Gasteiger partial charge in [-0.15, -0.1) is 0 Å². The molecule has 2 N–H and O–H groups in total. The second-order valence-electron chi connectivity index (χ2n) is 10.9. The molecule has 206 valence electrons. The Morgan fingerprint density at radius 1 is 1.02 bits per heavy atom. The number of carboxylic acids is 1. The van der Waals surface area contributed by atoms with E-state index in [0.29, 0.717) is 42.4 Å². The molecular weight excluding hydrogens is 520 g/mol. The molecule has 1 saturated heterocycles. The highest BCUT2D eigenvalue weighted by Crippen LogP contribution is 2.47. The average molecular weight is 548 g/mol. The number of hydrogen-bond donors (Lipinski definition) is 2. The summed E-state index contributed by atoms with van der Waals surface area (Å²) in [7, 11) is 0. The van der Waals surface area contributed by atoms with Crippen LogP contribution in [0.25, 0.3) is 16.8 Å². The molecule has 3 aliphatic rings. The van der Waals surface area contributed by atoms with Gasteiger partial charge >= 0.3 is 12.6 Å². The van der Waals surface area contributed by atoms with Crippen LogP contribution in [0.2, 0.25) is 0 Å². The molecule has 5 atom stereocenters. The first-order chi connectivity index (χ1) is 19.4. The monoisotopic (exact) mass is 547 g/mol. The lowest BCUT2D eigenvalue weighted by atomic mass is 9.85. The number of aliphatic carboxylic acids is 1. The van der Waals surface area contributed by atoms with Gasteiger partial charge in [-0.25, -0.2) is 15.0 Å². The number of piperidine rings is 1. The molecule has 4 aromatic rings. The lowest BCUT2D eigenvalue weighted by Crippen LogP contribution is -2.45. The summed E-state index contributed by atoms with van der Waals surface area (Å²) in [6.45, 7) is -1.68. The number of carboxylic acid groups (broad SMARTS) is 1. The first-order valence-electron chi connectivity index (χ1n) is 13.4. The number of anilines is 1. The average Bonchev–Trinajstić information content (AvgIpc) is 3.57. The molecule has 9 nitrogen and oxygen atoms in total. The lowest BCUT2D eigenvalue weighted by molar-refractivity contribution is -0.144. The van der Waals surface area contributed by atoms with Crippen LogP contribution in [0.1, 0.15) is 48.2 Å². The maximum Gasteiger partial charge on any atom is 0.387 e. The number of fused-ring (bicyclic) bond motifs is 5. The molecule has 7 rings (SSSR count). The number of nitrogens with zero attached hydrogens (tertiary/aromatic N) is 5. The zero-order valence-electron chi connectivity index (χ0n) is 21.4. The number of hydrogen-bond acceptors (Lipinski definition) is 7. The van der Waals surface area contributed by atoms with Gasteiger partial charge in [0.15, 0.2) is 0 Å². The maximum absolute atomic E-state index is 13.1. The molecule has 1 aromatic carbocycles. The SMILES string of the molecule is O=C(O)C1[C@@H]2CC[C@H]1CN(c1ncc(-c3ccc4nc5c(n4c3)[C@H](c3ccccc3OC(F)F)C[C@@H]5O)cn1)C2. The highest BCUT2D eigenvalue weighted by molar-refractivity contribution is 5.72. The Labute approximate surface area is 228 Å². The molecule has 0 spiro atoms. The molecule has 1 unspecified atom stereocenters. The first kappa shape index (κ1) is 24.9. The molecule has 2 aliphatic carbocycles. The minimum Gasteiger partial charge on any atom is -0.481 e. The van der Waals surface area contributed by atoms with Gasteiger partial charge in [0.25, 0.3) is 0 Å². The highest BCUT2D eigenvalue weighted by Gasteiger charge is 2.46. The molecule has 2 bridgehead atoms. The van der Waals surface area contributed by atoms with Crippen molar-refractivity contribution in [3.05, 3.63) is 71.9 Å². The van der Waals surface area contributed by atoms with E-state index in [4.69, 9.17) is 4.74 Å². The quantitative estimate of drug-likeness (QED) is 0.363. The summed E-state index contributed by atoms with van der Waals surface area (Å²) in [5, 5.41) is 20.4. The fourth-order valence-electron chi connectivity index (χ4n) is 6.96. The van der Waals surface area contributed by atoms with E-state index in [0.717, 1.165) is 29.7 Å². The Balaban J connectivity index is 1.20. The predicted octanol–water partition coefficient (Wildman–Crippen LogP) is 4.51. The largest absolute Gasteiger partial charge is 0.481 e. The van der Waals surface area contributed by atoms with Crippen LogP contribution in [0.15, 0.2) is 55.0 Å². The number of rotatable bonds is 6. The molecule has 3 aromatic heterocycles. The third-order valence-corrected chi connectivity index (χ3v) is 8.67. The van der Waals surface area contributed by atoms with Crippen molar-refractivity contribution in [1.82, 2.24) is 19.4 Å². The Kier molecular flexibility index (Phi) is 5.92. The second-order valence-corrected chi connectivity index (χ2v) is 10.9. The van der Waals surface area contributed by atoms with Crippen molar-refractivity contribution in [2.24, 2.45) is 17.8 Å². The minimum absolute atomic E-state index is 0.0819. The summed E-state index contributed by atoms with van der Waals surface area (Å²) in [4.78, 5) is 27.6. The normalized spacial score (nSPS) is 25.5. The van der Waals surface area contributed by atoms with Crippen molar-refractivity contribution < 1.29 is 28.5 Å². The number of aliphatic hydroxyl groups excluding tert-OH is 1. The number of imidazole rings is 1. The Morgan fingerprint density at radius 2 is 1.75 bits per heavy atom. The summed E-state index contributed by atoms with van der Waals surface area (Å²) in [6, 6.07) is 10.4. The zero-order valence-corrected chi connectivity index (χ0v) is 21.4. The molecule has 0 amide bonds. The van der Waals surface area contributed by atoms with Gasteiger partial charge in [0.1, 0.15) is 11.4 Å². The van der Waals surface area contributed by atoms with E-state index >= 15 is 0 Å². The number of pyridine rings is 1. The van der Waals surface area contributed by atoms with Crippen molar-refractivity contribution in [1.29, 1.82) is 0 Å². The Bertz CT molecular complexity index is 1580. The van der Waals surface area contributed by atoms with Crippen molar-refractivity contribution >= 4 is 17.6 Å². The molecule has 2 fully saturated rings. The minimum atomic E-state index is -2.96. The van der Waals surface area contributed by atoms with Gasteiger partial charge in [-0.2, -0.15) is 8.78 Å². The van der Waals surface area contributed by atoms with Crippen molar-refractivity contribution in [3.63, 3.8) is 0 Å². The van der Waals surface area contributed by atoms with Crippen LogP contribution in [-0.4, -0.2) is 55.2 Å². The van der Waals surface area contributed by atoms with Crippen LogP contribution in [0.4, 0.5) is 14.7 Å². The fraction of sp³-hybridized carbons (Fsp3) is 0.379. The van der Waals surface area contributed by atoms with Crippen LogP contribution < -0.4 is 9.64 Å². The van der Waals surface area contributed by atoms with E-state index in [1.165, 1.54) is 6.07 Å². The molecule has 1 aliphatic heterocycles. The van der Waals surface area contributed by atoms with Gasteiger partial charge in [0.2, 0.25) is 5.95 Å². The number of aromatic nitrogens is 4. The van der Waals surface area contributed by atoms with Crippen LogP contribution in [0, 0.1) is 17.8 Å². The van der Waals surface area contributed by atoms with Crippen LogP contribution in [0.3, 0.4) is 0 Å². The van der Waals surface area contributed by atoms with Gasteiger partial charge < -0.3 is 24.3 Å². The van der Waals surface area contributed by atoms with Crippen molar-refractivity contribution in [3.8, 4) is 16.9 Å². The molecule has 0 radical (unpaired) electrons. The fourth-order valence-corrected chi connectivity index (χ4v) is 6.96. The number of aliphatic hydroxyl groups is 1. The lowest BCUT2D eigenvalue weighted by Gasteiger charge is -2.35. The van der Waals surface area contributed by atoms with E-state index in [1.807, 2.05) is 22.7 Å². The number of para-hydroxylation sites is 1. The number of halogens is 2. The van der Waals surface area contributed by atoms with Crippen LogP contribution in [-0.2, 0) is 4.79 Å². The Morgan fingerprint density at radius 3 is 2.45 bits per heavy atom. The number of carbonyl (C=O) groups is 1. The number of ether oxygens (including phenoxy) is 1. The van der Waals surface area contributed by atoms with Crippen molar-refractivity contribution in [2.75, 3.05) is 18.0 Å². The van der Waals surface area contributed by atoms with Crippen LogP contribution >= 0.6 is 0 Å². The van der Waals surface area contributed by atoms with Gasteiger partial charge in [0.05, 0.1) is 23.4 Å². The zero-order chi connectivity index (χ0) is 27.5. The smallest absolute Gasteiger partial charge is 0.387 e. The highest BCUT2D eigenvalue weighted by atomic mass is 19.3. The maximum atomic E-state index is 13.1. The third kappa shape index (κ3) is 4.07. The van der Waals surface area contributed by atoms with Gasteiger partial charge in [0, 0.05) is 54.3 Å². The second kappa shape index (κ2) is 9.51. The van der Waals surface area contributed by atoms with Crippen LogP contribution in [0.5, 0.6) is 5.75 Å². The van der Waals surface area contributed by atoms with E-state index in [2.05, 4.69) is 19.9 Å². The number of alkyl halides is 2. The molecule has 4 heterocycles. The molecule has 11 heteroatoms. The molecule has 40 heavy (non-hydrogen) atoms. The first-order valence-corrected chi connectivity index (χ1v) is 13.4. The third-order valence-electron chi connectivity index (χ3n) is 8.67. The molecular formula is C29H27F2N5O4. The van der Waals surface area contributed by atoms with E-state index in [-0.39, 0.29) is 29.4 Å². The standard InChI is InChI=1S/C29H27F2N5O4/c30-28(31)40-22-4-2-1-3-19(22)20-9-21(37)25-26(20)36-14-15(7-8-23(36)34-25)18-10-32-29(33-11-18)35-12-16-5-6-17(13-35)24(16)27(38)39/h1-4,7-8,10-11,14,16-17,20-21,24,28,37H,5-6,9,12-13H2,(H,38,39)/t16-,17+,20-,21-,24?/m0/s1. The van der Waals surface area contributed by atoms with E-state index < -0.39 is 18.7 Å². The summed E-state index contributed by atoms with van der Waals surface area (Å²) < 4.78 is 32.9. The van der Waals surface area contributed by atoms with Gasteiger partial charge in [-0.3, -0.25) is 4.79 Å². The van der Waals surface area contributed by atoms with E-state index in [1.54, 1.807) is 30.6 Å². The molecule has 1 saturated carbocycles. The van der Waals surface area contributed by atoms with Gasteiger partial charge in [-0.05, 0) is 49.3 Å². The summed E-state index contributed by atoms with van der Waals surface area (Å²) >= 11 is 0. The van der Waals surface area contributed by atoms with Gasteiger partial charge in [-0.1, -0.05) is 18.2 Å². The Hall–Kier alpha value is -4.12. The summed E-state index contributed by atoms with van der Waals surface area (Å²) in [5.74, 6) is -0.464. The number of benzene rings is 1. The summed E-state index contributed by atoms with van der Waals surface area (Å²) in [5.41, 5.74) is 4.10. The topological polar surface area (TPSA) is 113 Å². The van der Waals surface area contributed by atoms with E-state index in [9.17, 15) is 23.8 Å². The van der Waals surface area contributed by atoms with Crippen molar-refractivity contribution in [2.45, 2.75) is 37.9 Å². The summed E-state index contributed by atoms with van der Waals surface area (Å²) in [6.07, 6.45) is 6.73.